The number of nitrogens with one attached hydrogen (secondary N) is 1. The zero-order chi connectivity index (χ0) is 31.8. The number of carbonyl (C=O) groups excluding carboxylic acids is 1. The quantitative estimate of drug-likeness (QED) is 0.213. The molecule has 238 valence electrons. The van der Waals surface area contributed by atoms with Crippen LogP contribution < -0.4 is 15.0 Å². The third-order valence-electron chi connectivity index (χ3n) is 8.14. The first-order valence-corrected chi connectivity index (χ1v) is 15.3. The highest BCUT2D eigenvalue weighted by atomic mass is 19.4. The molecule has 2 fully saturated rings. The first kappa shape index (κ1) is 32.3. The Bertz CT molecular complexity index is 1510. The van der Waals surface area contributed by atoms with Crippen LogP contribution in [-0.2, 0) is 10.9 Å². The summed E-state index contributed by atoms with van der Waals surface area (Å²) in [6.45, 7) is 7.63. The van der Waals surface area contributed by atoms with Gasteiger partial charge >= 0.3 is 6.18 Å². The number of alkyl halides is 3. The normalized spacial score (nSPS) is 16.3. The summed E-state index contributed by atoms with van der Waals surface area (Å²) in [4.78, 5) is 27.2. The van der Waals surface area contributed by atoms with Crippen molar-refractivity contribution in [1.29, 1.82) is 0 Å². The van der Waals surface area contributed by atoms with Crippen molar-refractivity contribution in [2.75, 3.05) is 56.2 Å². The molecule has 5 rings (SSSR count). The number of piperazine rings is 1. The lowest BCUT2D eigenvalue weighted by Crippen LogP contribution is -2.46. The third kappa shape index (κ3) is 8.53. The summed E-state index contributed by atoms with van der Waals surface area (Å²) < 4.78 is 51.7. The van der Waals surface area contributed by atoms with Crippen molar-refractivity contribution in [3.8, 4) is 29.4 Å². The van der Waals surface area contributed by atoms with E-state index in [0.29, 0.717) is 31.7 Å². The molecule has 0 radical (unpaired) electrons. The van der Waals surface area contributed by atoms with Crippen molar-refractivity contribution in [3.05, 3.63) is 65.6 Å². The van der Waals surface area contributed by atoms with Gasteiger partial charge in [0.05, 0.1) is 30.7 Å². The summed E-state index contributed by atoms with van der Waals surface area (Å²) in [6, 6.07) is 8.14. The molecular formula is C34H38F3N5O3. The molecule has 4 heterocycles. The molecule has 3 aromatic rings. The van der Waals surface area contributed by atoms with E-state index in [9.17, 15) is 18.0 Å². The molecule has 8 nitrogen and oxygen atoms in total. The summed E-state index contributed by atoms with van der Waals surface area (Å²) in [5.41, 5.74) is 2.44. The average molecular weight is 622 g/mol. The Labute approximate surface area is 261 Å². The lowest BCUT2D eigenvalue weighted by Gasteiger charge is -2.36. The minimum Gasteiger partial charge on any atom is -0.473 e. The number of unbranched alkanes of at least 4 members (excludes halogenated alkanes) is 2. The van der Waals surface area contributed by atoms with Gasteiger partial charge in [0.15, 0.2) is 0 Å². The second-order valence-corrected chi connectivity index (χ2v) is 11.4. The van der Waals surface area contributed by atoms with Gasteiger partial charge in [-0.25, -0.2) is 4.98 Å². The van der Waals surface area contributed by atoms with E-state index in [0.717, 1.165) is 80.9 Å². The Morgan fingerprint density at radius 3 is 2.62 bits per heavy atom. The number of amides is 1. The molecule has 1 N–H and O–H groups in total. The zero-order valence-electron chi connectivity index (χ0n) is 25.4. The Morgan fingerprint density at radius 1 is 1.11 bits per heavy atom. The van der Waals surface area contributed by atoms with Crippen LogP contribution in [0.3, 0.4) is 0 Å². The van der Waals surface area contributed by atoms with Gasteiger partial charge < -0.3 is 19.7 Å². The summed E-state index contributed by atoms with van der Waals surface area (Å²) >= 11 is 0. The fourth-order valence-corrected chi connectivity index (χ4v) is 5.58. The van der Waals surface area contributed by atoms with Crippen LogP contribution in [0.25, 0.3) is 11.1 Å². The number of ether oxygens (including phenoxy) is 2. The molecule has 0 aliphatic carbocycles. The van der Waals surface area contributed by atoms with Gasteiger partial charge in [-0.1, -0.05) is 6.07 Å². The van der Waals surface area contributed by atoms with E-state index >= 15 is 0 Å². The van der Waals surface area contributed by atoms with E-state index in [2.05, 4.69) is 32.1 Å². The number of hydrogen-bond acceptors (Lipinski definition) is 7. The highest BCUT2D eigenvalue weighted by Crippen LogP contribution is 2.35. The topological polar surface area (TPSA) is 79.8 Å². The van der Waals surface area contributed by atoms with Gasteiger partial charge in [0.2, 0.25) is 5.88 Å². The minimum atomic E-state index is -4.57. The number of nitrogens with zero attached hydrogens (tertiary/aromatic N) is 4. The van der Waals surface area contributed by atoms with Gasteiger partial charge in [0.25, 0.3) is 5.91 Å². The number of hydrogen-bond donors (Lipinski definition) is 1. The molecule has 2 aromatic heterocycles. The SMILES string of the molecule is C#CCCCCN1CCN(c2cncc(-c3cc(NC(=O)c4cccc(C(F)(F)F)c4)c(OC4CCOCC4)nc3C)c2)CC1. The summed E-state index contributed by atoms with van der Waals surface area (Å²) in [5, 5.41) is 2.77. The van der Waals surface area contributed by atoms with E-state index in [4.69, 9.17) is 20.9 Å². The number of halogens is 3. The second-order valence-electron chi connectivity index (χ2n) is 11.4. The van der Waals surface area contributed by atoms with Crippen LogP contribution >= 0.6 is 0 Å². The predicted molar refractivity (Wildman–Crippen MR) is 167 cm³/mol. The maximum Gasteiger partial charge on any atom is 0.416 e. The van der Waals surface area contributed by atoms with E-state index in [1.54, 1.807) is 12.3 Å². The number of anilines is 2. The molecule has 1 aromatic carbocycles. The Hall–Kier alpha value is -4.14. The summed E-state index contributed by atoms with van der Waals surface area (Å²) in [6.07, 6.45) is 8.48. The lowest BCUT2D eigenvalue weighted by atomic mass is 10.0. The molecule has 45 heavy (non-hydrogen) atoms. The minimum absolute atomic E-state index is 0.122. The van der Waals surface area contributed by atoms with Gasteiger partial charge in [-0.2, -0.15) is 13.2 Å². The highest BCUT2D eigenvalue weighted by Gasteiger charge is 2.31. The highest BCUT2D eigenvalue weighted by molar-refractivity contribution is 6.05. The maximum absolute atomic E-state index is 13.3. The predicted octanol–water partition coefficient (Wildman–Crippen LogP) is 6.21. The average Bonchev–Trinajstić information content (AvgIpc) is 3.05. The molecule has 2 aliphatic heterocycles. The van der Waals surface area contributed by atoms with Crippen molar-refractivity contribution in [1.82, 2.24) is 14.9 Å². The molecule has 0 spiro atoms. The van der Waals surface area contributed by atoms with Gasteiger partial charge in [-0.3, -0.25) is 14.7 Å². The molecule has 0 saturated carbocycles. The summed E-state index contributed by atoms with van der Waals surface area (Å²) in [7, 11) is 0. The standard InChI is InChI=1S/C34H38F3N5O3/c1-3-4-5-6-12-41-13-15-42(16-14-41)28-20-26(22-38-23-28)30-21-31(33(39-24(30)2)45-29-10-17-44-18-11-29)40-32(43)25-8-7-9-27(19-25)34(35,36)37/h1,7-9,19-23,29H,4-6,10-18H2,2H3,(H,40,43). The zero-order valence-corrected chi connectivity index (χ0v) is 25.4. The van der Waals surface area contributed by atoms with E-state index in [1.165, 1.54) is 12.1 Å². The van der Waals surface area contributed by atoms with Crippen molar-refractivity contribution in [2.24, 2.45) is 0 Å². The fourth-order valence-electron chi connectivity index (χ4n) is 5.58. The Balaban J connectivity index is 1.38. The molecule has 11 heteroatoms. The number of benzene rings is 1. The van der Waals surface area contributed by atoms with Crippen molar-refractivity contribution in [3.63, 3.8) is 0 Å². The first-order valence-electron chi connectivity index (χ1n) is 15.3. The van der Waals surface area contributed by atoms with Crippen LogP contribution in [0.2, 0.25) is 0 Å². The van der Waals surface area contributed by atoms with Crippen LogP contribution in [0, 0.1) is 19.3 Å². The van der Waals surface area contributed by atoms with Crippen LogP contribution in [0.4, 0.5) is 24.5 Å². The van der Waals surface area contributed by atoms with Crippen LogP contribution in [-0.4, -0.2) is 72.8 Å². The smallest absolute Gasteiger partial charge is 0.416 e. The maximum atomic E-state index is 13.3. The molecule has 1 amide bonds. The lowest BCUT2D eigenvalue weighted by molar-refractivity contribution is -0.137. The van der Waals surface area contributed by atoms with E-state index in [1.807, 2.05) is 13.1 Å². The van der Waals surface area contributed by atoms with E-state index in [-0.39, 0.29) is 23.2 Å². The van der Waals surface area contributed by atoms with Gasteiger partial charge in [0.1, 0.15) is 11.8 Å². The largest absolute Gasteiger partial charge is 0.473 e. The molecular weight excluding hydrogens is 583 g/mol. The van der Waals surface area contributed by atoms with Crippen molar-refractivity contribution >= 4 is 17.3 Å². The number of aromatic nitrogens is 2. The van der Waals surface area contributed by atoms with Crippen LogP contribution in [0.5, 0.6) is 5.88 Å². The molecule has 0 unspecified atom stereocenters. The monoisotopic (exact) mass is 621 g/mol. The second kappa shape index (κ2) is 14.8. The van der Waals surface area contributed by atoms with Gasteiger partial charge in [-0.15, -0.1) is 12.3 Å². The molecule has 0 atom stereocenters. The van der Waals surface area contributed by atoms with Gasteiger partial charge in [-0.05, 0) is 56.6 Å². The number of pyridine rings is 2. The Morgan fingerprint density at radius 2 is 1.89 bits per heavy atom. The molecule has 2 aliphatic rings. The Kier molecular flexibility index (Phi) is 10.6. The number of carbonyl (C=O) groups is 1. The first-order chi connectivity index (χ1) is 21.7. The summed E-state index contributed by atoms with van der Waals surface area (Å²) in [5.74, 6) is 2.22. The molecule has 2 saturated heterocycles. The van der Waals surface area contributed by atoms with Crippen molar-refractivity contribution < 1.29 is 27.4 Å². The van der Waals surface area contributed by atoms with E-state index < -0.39 is 17.6 Å². The fraction of sp³-hybridized carbons (Fsp3) is 0.441. The third-order valence-corrected chi connectivity index (χ3v) is 8.14. The van der Waals surface area contributed by atoms with Crippen LogP contribution in [0.15, 0.2) is 48.8 Å². The number of aryl methyl sites for hydroxylation is 1. The van der Waals surface area contributed by atoms with Gasteiger partial charge in [0, 0.05) is 74.0 Å². The van der Waals surface area contributed by atoms with Crippen LogP contribution in [0.1, 0.15) is 53.7 Å². The number of terminal acetylenes is 1. The number of rotatable bonds is 10. The molecule has 0 bridgehead atoms. The van der Waals surface area contributed by atoms with Crippen molar-refractivity contribution in [2.45, 2.75) is 51.3 Å².